The van der Waals surface area contributed by atoms with Gasteiger partial charge in [-0.15, -0.1) is 0 Å². The van der Waals surface area contributed by atoms with Crippen LogP contribution < -0.4 is 11.5 Å². The number of halogens is 1. The zero-order valence-electron chi connectivity index (χ0n) is 9.91. The summed E-state index contributed by atoms with van der Waals surface area (Å²) in [5.74, 6) is 0. The van der Waals surface area contributed by atoms with Crippen molar-refractivity contribution in [3.63, 3.8) is 0 Å². The maximum atomic E-state index is 5.58. The van der Waals surface area contributed by atoms with Crippen LogP contribution in [-0.2, 0) is 13.6 Å². The molecule has 0 bridgehead atoms. The van der Waals surface area contributed by atoms with Gasteiger partial charge in [-0.05, 0) is 22.9 Å². The first-order valence-electron chi connectivity index (χ1n) is 5.40. The van der Waals surface area contributed by atoms with Crippen LogP contribution in [0.15, 0.2) is 4.47 Å². The Morgan fingerprint density at radius 2 is 1.88 bits per heavy atom. The quantitative estimate of drug-likeness (QED) is 0.785. The number of nitrogens with two attached hydrogens (primary N) is 2. The summed E-state index contributed by atoms with van der Waals surface area (Å²) >= 11 is 3.56. The molecule has 0 radical (unpaired) electrons. The summed E-state index contributed by atoms with van der Waals surface area (Å²) in [5, 5.41) is 4.36. The molecule has 0 aliphatic heterocycles. The SMILES string of the molecule is Cc1nn(C)c(CN(CCN)CCN)c1Br. The van der Waals surface area contributed by atoms with E-state index >= 15 is 0 Å². The van der Waals surface area contributed by atoms with Crippen LogP contribution in [0.4, 0.5) is 0 Å². The van der Waals surface area contributed by atoms with Crippen molar-refractivity contribution in [2.24, 2.45) is 18.5 Å². The third-order valence-electron chi connectivity index (χ3n) is 2.53. The molecule has 0 spiro atoms. The molecule has 1 rings (SSSR count). The second kappa shape index (κ2) is 6.34. The van der Waals surface area contributed by atoms with Gasteiger partial charge in [-0.1, -0.05) is 0 Å². The van der Waals surface area contributed by atoms with Crippen molar-refractivity contribution < 1.29 is 0 Å². The molecule has 1 aromatic heterocycles. The molecule has 1 aromatic rings. The van der Waals surface area contributed by atoms with Crippen LogP contribution >= 0.6 is 15.9 Å². The molecule has 0 fully saturated rings. The molecule has 5 nitrogen and oxygen atoms in total. The lowest BCUT2D eigenvalue weighted by Gasteiger charge is -2.20. The van der Waals surface area contributed by atoms with E-state index in [0.717, 1.165) is 29.8 Å². The van der Waals surface area contributed by atoms with Gasteiger partial charge >= 0.3 is 0 Å². The summed E-state index contributed by atoms with van der Waals surface area (Å²) in [7, 11) is 1.95. The number of hydrogen-bond donors (Lipinski definition) is 2. The van der Waals surface area contributed by atoms with E-state index in [0.29, 0.717) is 13.1 Å². The highest BCUT2D eigenvalue weighted by molar-refractivity contribution is 9.10. The molecule has 0 aromatic carbocycles. The highest BCUT2D eigenvalue weighted by Gasteiger charge is 2.13. The minimum atomic E-state index is 0.647. The molecule has 0 aliphatic carbocycles. The Hall–Kier alpha value is -0.430. The molecular formula is C10H20BrN5. The van der Waals surface area contributed by atoms with Crippen molar-refractivity contribution in [3.05, 3.63) is 15.9 Å². The molecular weight excluding hydrogens is 270 g/mol. The molecule has 0 saturated carbocycles. The molecule has 0 atom stereocenters. The zero-order chi connectivity index (χ0) is 12.1. The van der Waals surface area contributed by atoms with Gasteiger partial charge in [-0.2, -0.15) is 5.10 Å². The van der Waals surface area contributed by atoms with Gasteiger partial charge in [0.15, 0.2) is 0 Å². The lowest BCUT2D eigenvalue weighted by Crippen LogP contribution is -2.34. The third kappa shape index (κ3) is 3.28. The van der Waals surface area contributed by atoms with Crippen molar-refractivity contribution in [2.75, 3.05) is 26.2 Å². The fraction of sp³-hybridized carbons (Fsp3) is 0.700. The summed E-state index contributed by atoms with van der Waals surface area (Å²) in [6, 6.07) is 0. The summed E-state index contributed by atoms with van der Waals surface area (Å²) in [6.45, 7) is 5.82. The molecule has 0 aliphatic rings. The molecule has 6 heteroatoms. The number of aromatic nitrogens is 2. The van der Waals surface area contributed by atoms with E-state index in [-0.39, 0.29) is 0 Å². The minimum Gasteiger partial charge on any atom is -0.329 e. The maximum absolute atomic E-state index is 5.58. The van der Waals surface area contributed by atoms with Crippen LogP contribution in [0.3, 0.4) is 0 Å². The highest BCUT2D eigenvalue weighted by Crippen LogP contribution is 2.21. The average Bonchev–Trinajstić information content (AvgIpc) is 2.46. The highest BCUT2D eigenvalue weighted by atomic mass is 79.9. The molecule has 92 valence electrons. The Morgan fingerprint density at radius 3 is 2.25 bits per heavy atom. The largest absolute Gasteiger partial charge is 0.329 e. The molecule has 0 amide bonds. The van der Waals surface area contributed by atoms with E-state index in [1.165, 1.54) is 5.69 Å². The van der Waals surface area contributed by atoms with Crippen LogP contribution in [0.5, 0.6) is 0 Å². The van der Waals surface area contributed by atoms with Crippen LogP contribution in [0.1, 0.15) is 11.4 Å². The second-order valence-corrected chi connectivity index (χ2v) is 4.62. The third-order valence-corrected chi connectivity index (χ3v) is 3.56. The van der Waals surface area contributed by atoms with Gasteiger partial charge in [0.1, 0.15) is 0 Å². The van der Waals surface area contributed by atoms with E-state index in [1.807, 2.05) is 18.7 Å². The van der Waals surface area contributed by atoms with E-state index in [9.17, 15) is 0 Å². The molecule has 0 saturated heterocycles. The van der Waals surface area contributed by atoms with Crippen molar-refractivity contribution in [1.29, 1.82) is 0 Å². The van der Waals surface area contributed by atoms with E-state index in [4.69, 9.17) is 11.5 Å². The van der Waals surface area contributed by atoms with Gasteiger partial charge < -0.3 is 11.5 Å². The fourth-order valence-corrected chi connectivity index (χ4v) is 2.16. The van der Waals surface area contributed by atoms with Gasteiger partial charge in [0.25, 0.3) is 0 Å². The number of nitrogens with zero attached hydrogens (tertiary/aromatic N) is 3. The van der Waals surface area contributed by atoms with Crippen molar-refractivity contribution in [3.8, 4) is 0 Å². The summed E-state index contributed by atoms with van der Waals surface area (Å²) in [4.78, 5) is 2.24. The van der Waals surface area contributed by atoms with Crippen LogP contribution in [0, 0.1) is 6.92 Å². The fourth-order valence-electron chi connectivity index (χ4n) is 1.70. The van der Waals surface area contributed by atoms with E-state index < -0.39 is 0 Å². The summed E-state index contributed by atoms with van der Waals surface area (Å²) in [5.41, 5.74) is 13.3. The standard InChI is InChI=1S/C10H20BrN5/c1-8-10(11)9(15(2)14-8)7-16(5-3-12)6-4-13/h3-7,12-13H2,1-2H3. The first-order chi connectivity index (χ1) is 7.60. The Labute approximate surface area is 105 Å². The zero-order valence-corrected chi connectivity index (χ0v) is 11.5. The lowest BCUT2D eigenvalue weighted by molar-refractivity contribution is 0.273. The van der Waals surface area contributed by atoms with E-state index in [1.54, 1.807) is 0 Å². The second-order valence-electron chi connectivity index (χ2n) is 3.82. The van der Waals surface area contributed by atoms with Gasteiger partial charge in [0.05, 0.1) is 15.9 Å². The lowest BCUT2D eigenvalue weighted by atomic mass is 10.3. The Morgan fingerprint density at radius 1 is 1.31 bits per heavy atom. The predicted octanol–water partition coefficient (Wildman–Crippen LogP) is 0.210. The molecule has 0 unspecified atom stereocenters. The van der Waals surface area contributed by atoms with Gasteiger partial charge in [-0.25, -0.2) is 0 Å². The van der Waals surface area contributed by atoms with Gasteiger partial charge in [-0.3, -0.25) is 9.58 Å². The first kappa shape index (κ1) is 13.6. The maximum Gasteiger partial charge on any atom is 0.0739 e. The van der Waals surface area contributed by atoms with Crippen LogP contribution in [-0.4, -0.2) is 40.9 Å². The molecule has 16 heavy (non-hydrogen) atoms. The van der Waals surface area contributed by atoms with Crippen LogP contribution in [0.25, 0.3) is 0 Å². The Balaban J connectivity index is 2.76. The topological polar surface area (TPSA) is 73.1 Å². The van der Waals surface area contributed by atoms with Crippen molar-refractivity contribution >= 4 is 15.9 Å². The normalized spacial score (nSPS) is 11.4. The number of hydrogen-bond acceptors (Lipinski definition) is 4. The number of rotatable bonds is 6. The predicted molar refractivity (Wildman–Crippen MR) is 69.0 cm³/mol. The van der Waals surface area contributed by atoms with Gasteiger partial charge in [0, 0.05) is 39.8 Å². The van der Waals surface area contributed by atoms with Crippen molar-refractivity contribution in [2.45, 2.75) is 13.5 Å². The van der Waals surface area contributed by atoms with Crippen LogP contribution in [0.2, 0.25) is 0 Å². The Kier molecular flexibility index (Phi) is 5.40. The van der Waals surface area contributed by atoms with E-state index in [2.05, 4.69) is 25.9 Å². The average molecular weight is 290 g/mol. The molecule has 4 N–H and O–H groups in total. The summed E-state index contributed by atoms with van der Waals surface area (Å²) < 4.78 is 2.98. The first-order valence-corrected chi connectivity index (χ1v) is 6.20. The number of aryl methyl sites for hydroxylation is 2. The minimum absolute atomic E-state index is 0.647. The Bertz CT molecular complexity index is 330. The van der Waals surface area contributed by atoms with Gasteiger partial charge in [0.2, 0.25) is 0 Å². The molecule has 1 heterocycles. The van der Waals surface area contributed by atoms with Crippen molar-refractivity contribution in [1.82, 2.24) is 14.7 Å². The monoisotopic (exact) mass is 289 g/mol. The summed E-state index contributed by atoms with van der Waals surface area (Å²) in [6.07, 6.45) is 0. The smallest absolute Gasteiger partial charge is 0.0739 e.